The molecule has 24 heavy (non-hydrogen) atoms. The fraction of sp³-hybridized carbons (Fsp3) is 0.500. The van der Waals surface area contributed by atoms with Gasteiger partial charge in [-0.15, -0.1) is 5.10 Å². The van der Waals surface area contributed by atoms with Gasteiger partial charge in [0.05, 0.1) is 12.8 Å². The van der Waals surface area contributed by atoms with Gasteiger partial charge in [0.2, 0.25) is 0 Å². The average molecular weight is 326 g/mol. The molecular formula is C20H26N2O2. The van der Waals surface area contributed by atoms with E-state index in [0.29, 0.717) is 0 Å². The van der Waals surface area contributed by atoms with Crippen LogP contribution in [0.25, 0.3) is 11.3 Å². The summed E-state index contributed by atoms with van der Waals surface area (Å²) in [5.41, 5.74) is 3.54. The molecule has 0 atom stereocenters. The van der Waals surface area contributed by atoms with Crippen LogP contribution in [-0.2, 0) is 11.0 Å². The van der Waals surface area contributed by atoms with Gasteiger partial charge in [-0.3, -0.25) is 0 Å². The van der Waals surface area contributed by atoms with Crippen molar-refractivity contribution in [3.63, 3.8) is 0 Å². The Balaban J connectivity index is 2.15. The molecule has 0 saturated heterocycles. The monoisotopic (exact) mass is 326 g/mol. The van der Waals surface area contributed by atoms with Gasteiger partial charge in [0.25, 0.3) is 0 Å². The molecule has 0 spiro atoms. The van der Waals surface area contributed by atoms with Crippen molar-refractivity contribution in [3.05, 3.63) is 35.5 Å². The summed E-state index contributed by atoms with van der Waals surface area (Å²) in [6, 6.07) is 8.01. The van der Waals surface area contributed by atoms with Crippen molar-refractivity contribution in [2.45, 2.75) is 58.5 Å². The summed E-state index contributed by atoms with van der Waals surface area (Å²) in [5.74, 6) is 1.57. The summed E-state index contributed by atoms with van der Waals surface area (Å²) in [4.78, 5) is 0. The molecule has 1 aliphatic heterocycles. The van der Waals surface area contributed by atoms with Gasteiger partial charge < -0.3 is 9.47 Å². The van der Waals surface area contributed by atoms with Crippen LogP contribution >= 0.6 is 0 Å². The minimum Gasteiger partial charge on any atom is -0.497 e. The minimum absolute atomic E-state index is 0.00699. The van der Waals surface area contributed by atoms with Gasteiger partial charge in [0.1, 0.15) is 22.8 Å². The van der Waals surface area contributed by atoms with Crippen LogP contribution in [0.15, 0.2) is 24.3 Å². The largest absolute Gasteiger partial charge is 0.497 e. The second-order valence-corrected chi connectivity index (χ2v) is 7.60. The molecule has 0 radical (unpaired) electrons. The first-order valence-electron chi connectivity index (χ1n) is 8.54. The quantitative estimate of drug-likeness (QED) is 0.805. The lowest BCUT2D eigenvalue weighted by atomic mass is 9.81. The Bertz CT molecular complexity index is 766. The molecule has 2 aromatic rings. The van der Waals surface area contributed by atoms with Gasteiger partial charge in [-0.1, -0.05) is 27.2 Å². The molecule has 0 bridgehead atoms. The van der Waals surface area contributed by atoms with E-state index in [4.69, 9.17) is 9.47 Å². The Morgan fingerprint density at radius 2 is 1.92 bits per heavy atom. The van der Waals surface area contributed by atoms with Crippen LogP contribution in [0.2, 0.25) is 0 Å². The van der Waals surface area contributed by atoms with Crippen LogP contribution in [0.4, 0.5) is 0 Å². The standard InChI is InChI=1S/C20H26N2O2/c1-7-10-19(2,3)17-12-15-18(22-21-17)14-9-8-13(23-6)11-16(14)24-20(15,4)5/h8-9,11-12H,7,10H2,1-6H3. The summed E-state index contributed by atoms with van der Waals surface area (Å²) in [6.07, 6.45) is 2.20. The number of nitrogens with zero attached hydrogens (tertiary/aromatic N) is 2. The van der Waals surface area contributed by atoms with Crippen LogP contribution in [0.3, 0.4) is 0 Å². The summed E-state index contributed by atoms with van der Waals surface area (Å²) in [6.45, 7) is 10.8. The minimum atomic E-state index is -0.457. The van der Waals surface area contributed by atoms with Crippen LogP contribution in [-0.4, -0.2) is 17.3 Å². The number of benzene rings is 1. The van der Waals surface area contributed by atoms with Crippen molar-refractivity contribution in [2.75, 3.05) is 7.11 Å². The molecule has 1 aliphatic rings. The summed E-state index contributed by atoms with van der Waals surface area (Å²) < 4.78 is 11.6. The first-order valence-corrected chi connectivity index (χ1v) is 8.54. The van der Waals surface area contributed by atoms with Crippen molar-refractivity contribution >= 4 is 0 Å². The zero-order valence-electron chi connectivity index (χ0n) is 15.4. The molecule has 1 aromatic heterocycles. The molecule has 128 valence electrons. The third kappa shape index (κ3) is 2.74. The highest BCUT2D eigenvalue weighted by Gasteiger charge is 2.36. The molecular weight excluding hydrogens is 300 g/mol. The van der Waals surface area contributed by atoms with E-state index < -0.39 is 5.60 Å². The van der Waals surface area contributed by atoms with E-state index in [9.17, 15) is 0 Å². The Labute approximate surface area is 144 Å². The molecule has 0 amide bonds. The average Bonchev–Trinajstić information content (AvgIpc) is 2.53. The lowest BCUT2D eigenvalue weighted by molar-refractivity contribution is 0.104. The second kappa shape index (κ2) is 5.76. The predicted octanol–water partition coefficient (Wildman–Crippen LogP) is 4.86. The van der Waals surface area contributed by atoms with Gasteiger partial charge in [0.15, 0.2) is 0 Å². The number of fused-ring (bicyclic) bond motifs is 3. The van der Waals surface area contributed by atoms with Crippen LogP contribution in [0.5, 0.6) is 11.5 Å². The number of rotatable bonds is 4. The highest BCUT2D eigenvalue weighted by molar-refractivity contribution is 5.74. The normalized spacial score (nSPS) is 15.2. The number of aromatic nitrogens is 2. The van der Waals surface area contributed by atoms with Gasteiger partial charge >= 0.3 is 0 Å². The number of hydrogen-bond donors (Lipinski definition) is 0. The highest BCUT2D eigenvalue weighted by Crippen LogP contribution is 2.46. The molecule has 4 nitrogen and oxygen atoms in total. The molecule has 0 aliphatic carbocycles. The maximum Gasteiger partial charge on any atom is 0.133 e. The van der Waals surface area contributed by atoms with Crippen LogP contribution in [0.1, 0.15) is 58.7 Å². The summed E-state index contributed by atoms with van der Waals surface area (Å²) in [5, 5.41) is 9.14. The second-order valence-electron chi connectivity index (χ2n) is 7.60. The molecule has 0 unspecified atom stereocenters. The van der Waals surface area contributed by atoms with Crippen molar-refractivity contribution < 1.29 is 9.47 Å². The molecule has 4 heteroatoms. The molecule has 0 saturated carbocycles. The van der Waals surface area contributed by atoms with E-state index in [1.807, 2.05) is 18.2 Å². The third-order valence-electron chi connectivity index (χ3n) is 4.82. The van der Waals surface area contributed by atoms with E-state index in [1.165, 1.54) is 0 Å². The van der Waals surface area contributed by atoms with E-state index in [1.54, 1.807) is 7.11 Å². The van der Waals surface area contributed by atoms with Crippen molar-refractivity contribution in [2.24, 2.45) is 0 Å². The van der Waals surface area contributed by atoms with Gasteiger partial charge in [0, 0.05) is 22.6 Å². The Morgan fingerprint density at radius 3 is 2.58 bits per heavy atom. The van der Waals surface area contributed by atoms with E-state index in [-0.39, 0.29) is 5.41 Å². The van der Waals surface area contributed by atoms with E-state index >= 15 is 0 Å². The number of methoxy groups -OCH3 is 1. The molecule has 2 heterocycles. The van der Waals surface area contributed by atoms with Crippen LogP contribution in [0, 0.1) is 0 Å². The molecule has 0 N–H and O–H groups in total. The van der Waals surface area contributed by atoms with Crippen molar-refractivity contribution in [3.8, 4) is 22.8 Å². The summed E-state index contributed by atoms with van der Waals surface area (Å²) >= 11 is 0. The van der Waals surface area contributed by atoms with Gasteiger partial charge in [-0.25, -0.2) is 0 Å². The number of ether oxygens (including phenoxy) is 2. The van der Waals surface area contributed by atoms with Gasteiger partial charge in [-0.2, -0.15) is 5.10 Å². The number of hydrogen-bond acceptors (Lipinski definition) is 4. The smallest absolute Gasteiger partial charge is 0.133 e. The summed E-state index contributed by atoms with van der Waals surface area (Å²) in [7, 11) is 1.66. The SMILES string of the molecule is CCCC(C)(C)c1cc2c(nn1)-c1ccc(OC)cc1OC2(C)C. The van der Waals surface area contributed by atoms with Crippen molar-refractivity contribution in [1.82, 2.24) is 10.2 Å². The third-order valence-corrected chi connectivity index (χ3v) is 4.82. The van der Waals surface area contributed by atoms with Crippen LogP contribution < -0.4 is 9.47 Å². The fourth-order valence-corrected chi connectivity index (χ4v) is 3.37. The Kier molecular flexibility index (Phi) is 4.02. The Morgan fingerprint density at radius 1 is 1.17 bits per heavy atom. The molecule has 0 fully saturated rings. The lowest BCUT2D eigenvalue weighted by Crippen LogP contribution is -2.31. The van der Waals surface area contributed by atoms with E-state index in [2.05, 4.69) is 50.9 Å². The maximum absolute atomic E-state index is 6.27. The zero-order chi connectivity index (χ0) is 17.5. The zero-order valence-corrected chi connectivity index (χ0v) is 15.4. The first-order chi connectivity index (χ1) is 11.3. The topological polar surface area (TPSA) is 44.2 Å². The molecule has 3 rings (SSSR count). The first kappa shape index (κ1) is 16.7. The predicted molar refractivity (Wildman–Crippen MR) is 95.6 cm³/mol. The maximum atomic E-state index is 6.27. The fourth-order valence-electron chi connectivity index (χ4n) is 3.37. The van der Waals surface area contributed by atoms with E-state index in [0.717, 1.165) is 46.9 Å². The lowest BCUT2D eigenvalue weighted by Gasteiger charge is -2.35. The highest BCUT2D eigenvalue weighted by atomic mass is 16.5. The molecule has 1 aromatic carbocycles. The van der Waals surface area contributed by atoms with Gasteiger partial charge in [-0.05, 0) is 38.5 Å². The van der Waals surface area contributed by atoms with Crippen molar-refractivity contribution in [1.29, 1.82) is 0 Å². The Hall–Kier alpha value is -2.10.